The van der Waals surface area contributed by atoms with Crippen LogP contribution in [0.3, 0.4) is 0 Å². The Balaban J connectivity index is 1.80. The van der Waals surface area contributed by atoms with Gasteiger partial charge in [0.05, 0.1) is 18.4 Å². The molecule has 0 unspecified atom stereocenters. The molecule has 1 amide bonds. The van der Waals surface area contributed by atoms with E-state index in [2.05, 4.69) is 25.5 Å². The van der Waals surface area contributed by atoms with Gasteiger partial charge in [-0.25, -0.2) is 4.79 Å². The molecule has 130 valence electrons. The lowest BCUT2D eigenvalue weighted by Crippen LogP contribution is -2.15. The Morgan fingerprint density at radius 3 is 2.84 bits per heavy atom. The number of H-pyrrole nitrogens is 2. The van der Waals surface area contributed by atoms with Crippen LogP contribution in [0.5, 0.6) is 0 Å². The van der Waals surface area contributed by atoms with Crippen molar-refractivity contribution in [3.63, 3.8) is 0 Å². The van der Waals surface area contributed by atoms with Crippen LogP contribution in [0.1, 0.15) is 39.0 Å². The largest absolute Gasteiger partial charge is 0.462 e. The molecule has 3 N–H and O–H groups in total. The van der Waals surface area contributed by atoms with E-state index in [4.69, 9.17) is 9.15 Å². The third kappa shape index (κ3) is 3.16. The number of amides is 1. The summed E-state index contributed by atoms with van der Waals surface area (Å²) >= 11 is 0. The molecule has 0 radical (unpaired) electrons. The SMILES string of the molecule is CCOC(=O)c1c(C)[nH]c(C(=O)Nc2n[nH]c(-c3ccco3)n2)c1C. The molecule has 0 atom stereocenters. The molecule has 3 heterocycles. The van der Waals surface area contributed by atoms with Gasteiger partial charge in [-0.3, -0.25) is 15.2 Å². The van der Waals surface area contributed by atoms with Crippen LogP contribution in [-0.4, -0.2) is 38.6 Å². The molecule has 0 spiro atoms. The van der Waals surface area contributed by atoms with E-state index < -0.39 is 11.9 Å². The van der Waals surface area contributed by atoms with Crippen LogP contribution in [0, 0.1) is 13.8 Å². The molecule has 3 aromatic rings. The molecule has 0 aliphatic rings. The Labute approximate surface area is 142 Å². The van der Waals surface area contributed by atoms with Crippen molar-refractivity contribution < 1.29 is 18.7 Å². The molecule has 3 rings (SSSR count). The molecular formula is C16H17N5O4. The number of ether oxygens (including phenoxy) is 1. The maximum absolute atomic E-state index is 12.5. The first-order chi connectivity index (χ1) is 12.0. The summed E-state index contributed by atoms with van der Waals surface area (Å²) in [6, 6.07) is 3.44. The van der Waals surface area contributed by atoms with Crippen LogP contribution in [0.4, 0.5) is 5.95 Å². The van der Waals surface area contributed by atoms with Crippen LogP contribution in [0.2, 0.25) is 0 Å². The minimum Gasteiger partial charge on any atom is -0.462 e. The highest BCUT2D eigenvalue weighted by molar-refractivity contribution is 6.06. The summed E-state index contributed by atoms with van der Waals surface area (Å²) in [5.74, 6) is 0.0732. The number of aryl methyl sites for hydroxylation is 1. The Morgan fingerprint density at radius 1 is 1.36 bits per heavy atom. The van der Waals surface area contributed by atoms with Crippen molar-refractivity contribution in [2.24, 2.45) is 0 Å². The first-order valence-electron chi connectivity index (χ1n) is 7.65. The van der Waals surface area contributed by atoms with E-state index in [9.17, 15) is 9.59 Å². The van der Waals surface area contributed by atoms with Crippen molar-refractivity contribution in [1.29, 1.82) is 0 Å². The molecule has 0 aromatic carbocycles. The summed E-state index contributed by atoms with van der Waals surface area (Å²) in [5, 5.41) is 9.18. The zero-order chi connectivity index (χ0) is 18.0. The van der Waals surface area contributed by atoms with Gasteiger partial charge in [0, 0.05) is 5.69 Å². The minimum absolute atomic E-state index is 0.0979. The molecule has 0 bridgehead atoms. The van der Waals surface area contributed by atoms with E-state index in [1.807, 2.05) is 0 Å². The summed E-state index contributed by atoms with van der Waals surface area (Å²) in [7, 11) is 0. The molecule has 0 saturated heterocycles. The molecule has 9 nitrogen and oxygen atoms in total. The van der Waals surface area contributed by atoms with Crippen molar-refractivity contribution in [3.05, 3.63) is 40.9 Å². The second-order valence-corrected chi connectivity index (χ2v) is 5.28. The van der Waals surface area contributed by atoms with Gasteiger partial charge in [0.15, 0.2) is 11.6 Å². The molecular weight excluding hydrogens is 326 g/mol. The number of nitrogens with one attached hydrogen (secondary N) is 3. The van der Waals surface area contributed by atoms with Crippen LogP contribution in [0.15, 0.2) is 22.8 Å². The maximum Gasteiger partial charge on any atom is 0.340 e. The highest BCUT2D eigenvalue weighted by Gasteiger charge is 2.23. The van der Waals surface area contributed by atoms with E-state index in [0.717, 1.165) is 0 Å². The number of carbonyl (C=O) groups is 2. The lowest BCUT2D eigenvalue weighted by molar-refractivity contribution is 0.0525. The highest BCUT2D eigenvalue weighted by atomic mass is 16.5. The Morgan fingerprint density at radius 2 is 2.16 bits per heavy atom. The summed E-state index contributed by atoms with van der Waals surface area (Å²) in [4.78, 5) is 31.5. The van der Waals surface area contributed by atoms with Gasteiger partial charge in [-0.05, 0) is 38.5 Å². The lowest BCUT2D eigenvalue weighted by atomic mass is 10.1. The second kappa shape index (κ2) is 6.63. The summed E-state index contributed by atoms with van der Waals surface area (Å²) in [6.45, 7) is 5.37. The van der Waals surface area contributed by atoms with Crippen LogP contribution in [0.25, 0.3) is 11.6 Å². The number of rotatable bonds is 5. The zero-order valence-electron chi connectivity index (χ0n) is 14.0. The van der Waals surface area contributed by atoms with Gasteiger partial charge in [0.1, 0.15) is 5.69 Å². The molecule has 0 aliphatic carbocycles. The van der Waals surface area contributed by atoms with Crippen molar-refractivity contribution in [2.45, 2.75) is 20.8 Å². The van der Waals surface area contributed by atoms with E-state index in [0.29, 0.717) is 28.4 Å². The average Bonchev–Trinajstić information content (AvgIpc) is 3.28. The third-order valence-electron chi connectivity index (χ3n) is 3.61. The van der Waals surface area contributed by atoms with E-state index in [-0.39, 0.29) is 18.2 Å². The summed E-state index contributed by atoms with van der Waals surface area (Å²) in [5.41, 5.74) is 1.69. The topological polar surface area (TPSA) is 126 Å². The normalized spacial score (nSPS) is 10.7. The van der Waals surface area contributed by atoms with E-state index in [1.54, 1.807) is 32.9 Å². The zero-order valence-corrected chi connectivity index (χ0v) is 14.0. The average molecular weight is 343 g/mol. The first kappa shape index (κ1) is 16.5. The Kier molecular flexibility index (Phi) is 4.38. The second-order valence-electron chi connectivity index (χ2n) is 5.28. The lowest BCUT2D eigenvalue weighted by Gasteiger charge is -2.02. The van der Waals surface area contributed by atoms with Crippen LogP contribution < -0.4 is 5.32 Å². The molecule has 25 heavy (non-hydrogen) atoms. The van der Waals surface area contributed by atoms with Crippen molar-refractivity contribution in [1.82, 2.24) is 20.2 Å². The van der Waals surface area contributed by atoms with Crippen molar-refractivity contribution in [2.75, 3.05) is 11.9 Å². The Hall–Kier alpha value is -3.36. The van der Waals surface area contributed by atoms with Gasteiger partial charge in [-0.1, -0.05) is 0 Å². The predicted octanol–water partition coefficient (Wildman–Crippen LogP) is 2.44. The third-order valence-corrected chi connectivity index (χ3v) is 3.61. The monoisotopic (exact) mass is 343 g/mol. The van der Waals surface area contributed by atoms with Gasteiger partial charge in [-0.2, -0.15) is 4.98 Å². The van der Waals surface area contributed by atoms with E-state index in [1.165, 1.54) is 6.26 Å². The number of anilines is 1. The fourth-order valence-corrected chi connectivity index (χ4v) is 2.49. The molecule has 0 aliphatic heterocycles. The fraction of sp³-hybridized carbons (Fsp3) is 0.250. The predicted molar refractivity (Wildman–Crippen MR) is 88.3 cm³/mol. The standard InChI is InChI=1S/C16H17N5O4/c1-4-24-15(23)11-8(2)12(17-9(11)3)14(22)19-16-18-13(20-21-16)10-6-5-7-25-10/h5-7,17H,4H2,1-3H3,(H2,18,19,20,21,22). The van der Waals surface area contributed by atoms with Crippen LogP contribution in [-0.2, 0) is 4.74 Å². The summed E-state index contributed by atoms with van der Waals surface area (Å²) < 4.78 is 10.2. The first-order valence-corrected chi connectivity index (χ1v) is 7.65. The van der Waals surface area contributed by atoms with Crippen LogP contribution >= 0.6 is 0 Å². The molecule has 3 aromatic heterocycles. The Bertz CT molecular complexity index is 907. The minimum atomic E-state index is -0.467. The fourth-order valence-electron chi connectivity index (χ4n) is 2.49. The van der Waals surface area contributed by atoms with Crippen molar-refractivity contribution >= 4 is 17.8 Å². The maximum atomic E-state index is 12.5. The summed E-state index contributed by atoms with van der Waals surface area (Å²) in [6.07, 6.45) is 1.51. The highest BCUT2D eigenvalue weighted by Crippen LogP contribution is 2.20. The quantitative estimate of drug-likeness (QED) is 0.611. The number of furan rings is 1. The van der Waals surface area contributed by atoms with E-state index >= 15 is 0 Å². The van der Waals surface area contributed by atoms with Crippen molar-refractivity contribution in [3.8, 4) is 11.6 Å². The smallest absolute Gasteiger partial charge is 0.340 e. The molecule has 9 heteroatoms. The van der Waals surface area contributed by atoms with Gasteiger partial charge in [-0.15, -0.1) is 5.10 Å². The van der Waals surface area contributed by atoms with Gasteiger partial charge >= 0.3 is 5.97 Å². The van der Waals surface area contributed by atoms with Gasteiger partial charge in [0.25, 0.3) is 5.91 Å². The number of hydrogen-bond acceptors (Lipinski definition) is 6. The molecule has 0 fully saturated rings. The number of nitrogens with zero attached hydrogens (tertiary/aromatic N) is 2. The number of hydrogen-bond donors (Lipinski definition) is 3. The van der Waals surface area contributed by atoms with Gasteiger partial charge in [0.2, 0.25) is 5.95 Å². The molecule has 0 saturated carbocycles. The number of esters is 1. The number of aromatic nitrogens is 4. The number of aromatic amines is 2. The van der Waals surface area contributed by atoms with Gasteiger partial charge < -0.3 is 14.1 Å². The number of carbonyl (C=O) groups excluding carboxylic acids is 2.